The van der Waals surface area contributed by atoms with Crippen molar-refractivity contribution in [3.8, 4) is 22.4 Å². The fourth-order valence-corrected chi connectivity index (χ4v) is 5.72. The number of unbranched alkanes of at least 4 members (excludes halogenated alkanes) is 2. The Morgan fingerprint density at radius 3 is 2.30 bits per heavy atom. The van der Waals surface area contributed by atoms with E-state index in [-0.39, 0.29) is 19.3 Å². The minimum Gasteiger partial charge on any atom is -0.330 e. The normalized spacial score (nSPS) is 13.3. The number of benzene rings is 2. The molecule has 0 unspecified atom stereocenters. The number of aryl methyl sites for hydroxylation is 1. The number of amides is 2. The average Bonchev–Trinajstić information content (AvgIpc) is 3.67. The van der Waals surface area contributed by atoms with Gasteiger partial charge in [0.2, 0.25) is 0 Å². The highest BCUT2D eigenvalue weighted by atomic mass is 32.1. The van der Waals surface area contributed by atoms with E-state index in [4.69, 9.17) is 14.2 Å². The molecular weight excluding hydrogens is 574 g/mol. The van der Waals surface area contributed by atoms with Crippen molar-refractivity contribution in [1.29, 1.82) is 0 Å². The lowest BCUT2D eigenvalue weighted by molar-refractivity contribution is -0.697. The number of carbonyl (C=O) groups excluding carboxylic acids is 3. The molecule has 0 radical (unpaired) electrons. The van der Waals surface area contributed by atoms with Gasteiger partial charge in [-0.15, -0.1) is 5.06 Å². The van der Waals surface area contributed by atoms with E-state index in [0.29, 0.717) is 11.5 Å². The molecule has 2 aromatic carbocycles. The second kappa shape index (κ2) is 13.5. The molecule has 0 N–H and O–H groups in total. The van der Waals surface area contributed by atoms with Gasteiger partial charge >= 0.3 is 5.97 Å². The molecule has 0 atom stereocenters. The SMILES string of the molecule is O=C(CCCCC[n+]1cccc(C=Cc2nc(-c3ccccc3)c3nsnc3c2-c2ccccc2)c1)ON1C(=O)CCC1=O. The van der Waals surface area contributed by atoms with Crippen molar-refractivity contribution in [3.63, 3.8) is 0 Å². The van der Waals surface area contributed by atoms with E-state index in [9.17, 15) is 14.4 Å². The summed E-state index contributed by atoms with van der Waals surface area (Å²) in [5.41, 5.74) is 7.24. The molecule has 0 aliphatic carbocycles. The number of imide groups is 1. The van der Waals surface area contributed by atoms with Gasteiger partial charge in [0.15, 0.2) is 12.4 Å². The van der Waals surface area contributed by atoms with Gasteiger partial charge in [-0.05, 0) is 36.6 Å². The molecule has 2 amide bonds. The Balaban J connectivity index is 1.15. The Kier molecular flexibility index (Phi) is 8.88. The second-order valence-corrected chi connectivity index (χ2v) is 11.0. The standard InChI is InChI=1S/C34H30N5O4S/c40-28-19-20-29(41)39(28)43-30(42)16-8-3-9-21-38-22-10-11-24(23-38)17-18-27-31(25-12-4-1-5-13-25)33-34(37-44-36-33)32(35-27)26-14-6-2-7-15-26/h1-2,4-7,10-15,17-18,22-23H,3,8-9,16,19-21H2/q+1. The van der Waals surface area contributed by atoms with Crippen molar-refractivity contribution in [3.05, 3.63) is 96.4 Å². The molecule has 0 saturated carbocycles. The molecule has 10 heteroatoms. The molecule has 1 saturated heterocycles. The molecule has 1 aliphatic heterocycles. The number of rotatable bonds is 11. The molecule has 6 rings (SSSR count). The van der Waals surface area contributed by atoms with Crippen molar-refractivity contribution in [2.24, 2.45) is 0 Å². The smallest absolute Gasteiger partial charge is 0.330 e. The predicted octanol–water partition coefficient (Wildman–Crippen LogP) is 6.05. The molecule has 1 aliphatic rings. The van der Waals surface area contributed by atoms with Crippen LogP contribution in [0.25, 0.3) is 45.6 Å². The van der Waals surface area contributed by atoms with Gasteiger partial charge in [-0.2, -0.15) is 8.75 Å². The summed E-state index contributed by atoms with van der Waals surface area (Å²) in [4.78, 5) is 45.3. The van der Waals surface area contributed by atoms with Gasteiger partial charge in [0.1, 0.15) is 17.6 Å². The van der Waals surface area contributed by atoms with Crippen LogP contribution >= 0.6 is 11.7 Å². The van der Waals surface area contributed by atoms with Gasteiger partial charge in [-0.3, -0.25) is 9.59 Å². The van der Waals surface area contributed by atoms with E-state index in [1.165, 1.54) is 11.7 Å². The number of carbonyl (C=O) groups is 3. The van der Waals surface area contributed by atoms with Crippen LogP contribution in [0.1, 0.15) is 49.8 Å². The number of aromatic nitrogens is 4. The summed E-state index contributed by atoms with van der Waals surface area (Å²) in [6, 6.07) is 24.3. The zero-order valence-corrected chi connectivity index (χ0v) is 24.8. The van der Waals surface area contributed by atoms with E-state index in [2.05, 4.69) is 33.3 Å². The van der Waals surface area contributed by atoms with Crippen LogP contribution in [0.15, 0.2) is 85.2 Å². The zero-order valence-electron chi connectivity index (χ0n) is 24.0. The van der Waals surface area contributed by atoms with Gasteiger partial charge < -0.3 is 4.84 Å². The summed E-state index contributed by atoms with van der Waals surface area (Å²) in [6.07, 6.45) is 10.8. The molecule has 3 aromatic heterocycles. The number of hydrogen-bond acceptors (Lipinski definition) is 8. The molecule has 0 spiro atoms. The molecule has 44 heavy (non-hydrogen) atoms. The van der Waals surface area contributed by atoms with Crippen LogP contribution in [-0.4, -0.2) is 36.6 Å². The molecular formula is C34H30N5O4S+. The Labute approximate surface area is 258 Å². The van der Waals surface area contributed by atoms with Crippen LogP contribution in [0.4, 0.5) is 0 Å². The van der Waals surface area contributed by atoms with Gasteiger partial charge in [0, 0.05) is 48.4 Å². The largest absolute Gasteiger partial charge is 0.333 e. The zero-order chi connectivity index (χ0) is 30.3. The Morgan fingerprint density at radius 1 is 0.841 bits per heavy atom. The van der Waals surface area contributed by atoms with Gasteiger partial charge in [-0.1, -0.05) is 60.7 Å². The third-order valence-electron chi connectivity index (χ3n) is 7.36. The summed E-state index contributed by atoms with van der Waals surface area (Å²) >= 11 is 1.19. The Morgan fingerprint density at radius 2 is 1.55 bits per heavy atom. The van der Waals surface area contributed by atoms with Crippen LogP contribution in [0.2, 0.25) is 0 Å². The molecule has 0 bridgehead atoms. The fraction of sp³-hybridized carbons (Fsp3) is 0.206. The molecule has 5 aromatic rings. The summed E-state index contributed by atoms with van der Waals surface area (Å²) < 4.78 is 11.4. The second-order valence-electron chi connectivity index (χ2n) is 10.5. The summed E-state index contributed by atoms with van der Waals surface area (Å²) in [5, 5.41) is 0.601. The maximum Gasteiger partial charge on any atom is 0.333 e. The number of pyridine rings is 2. The van der Waals surface area contributed by atoms with Crippen LogP contribution in [0, 0.1) is 0 Å². The lowest BCUT2D eigenvalue weighted by atomic mass is 9.99. The van der Waals surface area contributed by atoms with E-state index < -0.39 is 17.8 Å². The highest BCUT2D eigenvalue weighted by Gasteiger charge is 2.32. The first-order chi connectivity index (χ1) is 21.6. The maximum absolute atomic E-state index is 12.0. The predicted molar refractivity (Wildman–Crippen MR) is 167 cm³/mol. The van der Waals surface area contributed by atoms with Gasteiger partial charge in [-0.25, -0.2) is 14.3 Å². The number of fused-ring (bicyclic) bond motifs is 1. The summed E-state index contributed by atoms with van der Waals surface area (Å²) in [5.74, 6) is -1.48. The highest BCUT2D eigenvalue weighted by Crippen LogP contribution is 2.36. The minimum atomic E-state index is -0.557. The van der Waals surface area contributed by atoms with E-state index in [1.54, 1.807) is 0 Å². The van der Waals surface area contributed by atoms with Gasteiger partial charge in [0.05, 0.1) is 23.1 Å². The molecule has 9 nitrogen and oxygen atoms in total. The van der Waals surface area contributed by atoms with Gasteiger partial charge in [0.25, 0.3) is 11.8 Å². The molecule has 1 fully saturated rings. The lowest BCUT2D eigenvalue weighted by Gasteiger charge is -2.12. The van der Waals surface area contributed by atoms with Crippen LogP contribution in [-0.2, 0) is 25.8 Å². The summed E-state index contributed by atoms with van der Waals surface area (Å²) in [7, 11) is 0. The van der Waals surface area contributed by atoms with Crippen molar-refractivity contribution in [2.45, 2.75) is 45.1 Å². The maximum atomic E-state index is 12.0. The third kappa shape index (κ3) is 6.60. The van der Waals surface area contributed by atoms with Crippen LogP contribution in [0.5, 0.6) is 0 Å². The quantitative estimate of drug-likeness (QED) is 0.103. The van der Waals surface area contributed by atoms with Crippen molar-refractivity contribution in [2.75, 3.05) is 0 Å². The first kappa shape index (κ1) is 29.0. The summed E-state index contributed by atoms with van der Waals surface area (Å²) in [6.45, 7) is 0.780. The first-order valence-electron chi connectivity index (χ1n) is 14.6. The van der Waals surface area contributed by atoms with Crippen molar-refractivity contribution in [1.82, 2.24) is 18.8 Å². The van der Waals surface area contributed by atoms with E-state index >= 15 is 0 Å². The fourth-order valence-electron chi connectivity index (χ4n) is 5.17. The van der Waals surface area contributed by atoms with Crippen molar-refractivity contribution >= 4 is 52.7 Å². The van der Waals surface area contributed by atoms with Crippen LogP contribution < -0.4 is 4.57 Å². The minimum absolute atomic E-state index is 0.0928. The van der Waals surface area contributed by atoms with E-state index in [1.807, 2.05) is 72.9 Å². The Hall–Kier alpha value is -5.09. The first-order valence-corrected chi connectivity index (χ1v) is 15.3. The molecule has 220 valence electrons. The van der Waals surface area contributed by atoms with Crippen molar-refractivity contribution < 1.29 is 23.8 Å². The van der Waals surface area contributed by atoms with Crippen LogP contribution in [0.3, 0.4) is 0 Å². The monoisotopic (exact) mass is 604 g/mol. The topological polar surface area (TPSA) is 106 Å². The average molecular weight is 605 g/mol. The number of hydrogen-bond donors (Lipinski definition) is 0. The Bertz CT molecular complexity index is 1820. The highest BCUT2D eigenvalue weighted by molar-refractivity contribution is 7.00. The third-order valence-corrected chi connectivity index (χ3v) is 7.89. The number of hydroxylamine groups is 2. The lowest BCUT2D eigenvalue weighted by Crippen LogP contribution is -2.33. The number of nitrogens with zero attached hydrogens (tertiary/aromatic N) is 5. The van der Waals surface area contributed by atoms with E-state index in [0.717, 1.165) is 64.1 Å². The molecule has 4 heterocycles.